The van der Waals surface area contributed by atoms with Crippen molar-refractivity contribution in [3.05, 3.63) is 28.8 Å². The molecule has 0 amide bonds. The van der Waals surface area contributed by atoms with Crippen LogP contribution in [0.3, 0.4) is 0 Å². The summed E-state index contributed by atoms with van der Waals surface area (Å²) in [6.45, 7) is 1.64. The molecule has 1 rings (SSSR count). The average molecular weight is 239 g/mol. The Kier molecular flexibility index (Phi) is 3.40. The van der Waals surface area contributed by atoms with E-state index in [0.717, 1.165) is 6.07 Å². The second kappa shape index (κ2) is 4.27. The molecule has 0 heterocycles. The Balaban J connectivity index is 3.48. The summed E-state index contributed by atoms with van der Waals surface area (Å²) in [7, 11) is 0. The van der Waals surface area contributed by atoms with Crippen molar-refractivity contribution in [2.24, 2.45) is 0 Å². The maximum atomic E-state index is 13.2. The first-order valence-corrected chi connectivity index (χ1v) is 4.62. The summed E-state index contributed by atoms with van der Waals surface area (Å²) in [4.78, 5) is 0. The summed E-state index contributed by atoms with van der Waals surface area (Å²) >= 11 is 0. The quantitative estimate of drug-likeness (QED) is 0.620. The fourth-order valence-electron chi connectivity index (χ4n) is 1.47. The average Bonchev–Trinajstić information content (AvgIpc) is 2.12. The van der Waals surface area contributed by atoms with Crippen LogP contribution in [-0.2, 0) is 12.6 Å². The number of aryl methyl sites for hydroxylation is 1. The topological polar surface area (TPSA) is 26.0 Å². The molecular formula is C10H10F5N. The SMILES string of the molecule is CCCc1cc(N)c(F)c(F)c1C(F)(F)F. The van der Waals surface area contributed by atoms with Gasteiger partial charge in [-0.25, -0.2) is 8.78 Å². The third-order valence-corrected chi connectivity index (χ3v) is 2.12. The smallest absolute Gasteiger partial charge is 0.396 e. The molecule has 0 saturated heterocycles. The summed E-state index contributed by atoms with van der Waals surface area (Å²) in [6.07, 6.45) is -4.53. The third kappa shape index (κ3) is 2.25. The van der Waals surface area contributed by atoms with Crippen molar-refractivity contribution in [3.8, 4) is 0 Å². The highest BCUT2D eigenvalue weighted by Crippen LogP contribution is 2.37. The van der Waals surface area contributed by atoms with Gasteiger partial charge in [0.2, 0.25) is 0 Å². The molecule has 0 atom stereocenters. The van der Waals surface area contributed by atoms with E-state index in [-0.39, 0.29) is 12.0 Å². The van der Waals surface area contributed by atoms with Crippen molar-refractivity contribution in [2.75, 3.05) is 5.73 Å². The zero-order valence-corrected chi connectivity index (χ0v) is 8.46. The second-order valence-electron chi connectivity index (χ2n) is 3.38. The van der Waals surface area contributed by atoms with E-state index in [4.69, 9.17) is 5.73 Å². The number of benzene rings is 1. The van der Waals surface area contributed by atoms with E-state index in [9.17, 15) is 22.0 Å². The number of alkyl halides is 3. The van der Waals surface area contributed by atoms with E-state index < -0.39 is 29.1 Å². The Morgan fingerprint density at radius 2 is 1.75 bits per heavy atom. The Hall–Kier alpha value is -1.33. The lowest BCUT2D eigenvalue weighted by molar-refractivity contribution is -0.140. The van der Waals surface area contributed by atoms with Gasteiger partial charge in [-0.1, -0.05) is 13.3 Å². The molecule has 1 aromatic rings. The van der Waals surface area contributed by atoms with Gasteiger partial charge in [0.15, 0.2) is 11.6 Å². The first-order valence-electron chi connectivity index (χ1n) is 4.62. The number of nitrogens with two attached hydrogens (primary N) is 1. The highest BCUT2D eigenvalue weighted by atomic mass is 19.4. The van der Waals surface area contributed by atoms with Crippen molar-refractivity contribution >= 4 is 5.69 Å². The van der Waals surface area contributed by atoms with E-state index in [1.807, 2.05) is 0 Å². The van der Waals surface area contributed by atoms with E-state index in [1.165, 1.54) is 0 Å². The Labute approximate surface area is 89.1 Å². The lowest BCUT2D eigenvalue weighted by Crippen LogP contribution is -2.15. The van der Waals surface area contributed by atoms with Crippen LogP contribution in [0.15, 0.2) is 6.07 Å². The van der Waals surface area contributed by atoms with E-state index in [0.29, 0.717) is 6.42 Å². The molecule has 0 spiro atoms. The van der Waals surface area contributed by atoms with Gasteiger partial charge < -0.3 is 5.73 Å². The maximum Gasteiger partial charge on any atom is 0.419 e. The van der Waals surface area contributed by atoms with Crippen molar-refractivity contribution in [3.63, 3.8) is 0 Å². The predicted molar refractivity (Wildman–Crippen MR) is 49.8 cm³/mol. The maximum absolute atomic E-state index is 13.2. The highest BCUT2D eigenvalue weighted by molar-refractivity contribution is 5.48. The molecule has 6 heteroatoms. The molecule has 0 fully saturated rings. The van der Waals surface area contributed by atoms with Crippen molar-refractivity contribution in [1.29, 1.82) is 0 Å². The van der Waals surface area contributed by atoms with Gasteiger partial charge in [0.1, 0.15) is 0 Å². The summed E-state index contributed by atoms with van der Waals surface area (Å²) in [5.41, 5.74) is 2.61. The molecule has 16 heavy (non-hydrogen) atoms. The number of rotatable bonds is 2. The summed E-state index contributed by atoms with van der Waals surface area (Å²) < 4.78 is 63.6. The zero-order chi connectivity index (χ0) is 12.5. The lowest BCUT2D eigenvalue weighted by Gasteiger charge is -2.15. The van der Waals surface area contributed by atoms with Crippen molar-refractivity contribution in [1.82, 2.24) is 0 Å². The molecule has 0 unspecified atom stereocenters. The molecule has 0 aliphatic heterocycles. The number of anilines is 1. The second-order valence-corrected chi connectivity index (χ2v) is 3.38. The number of hydrogen-bond acceptors (Lipinski definition) is 1. The molecule has 0 aliphatic carbocycles. The molecule has 0 radical (unpaired) electrons. The van der Waals surface area contributed by atoms with Gasteiger partial charge in [0.05, 0.1) is 11.3 Å². The molecule has 0 saturated carbocycles. The first-order chi connectivity index (χ1) is 7.29. The minimum atomic E-state index is -4.91. The summed E-state index contributed by atoms with van der Waals surface area (Å²) in [5.74, 6) is -3.57. The van der Waals surface area contributed by atoms with Crippen molar-refractivity contribution in [2.45, 2.75) is 25.9 Å². The number of nitrogen functional groups attached to an aromatic ring is 1. The minimum absolute atomic E-state index is 0.00373. The third-order valence-electron chi connectivity index (χ3n) is 2.12. The molecule has 0 aliphatic rings. The molecule has 0 bridgehead atoms. The highest BCUT2D eigenvalue weighted by Gasteiger charge is 2.38. The van der Waals surface area contributed by atoms with E-state index in [2.05, 4.69) is 0 Å². The van der Waals surface area contributed by atoms with Crippen molar-refractivity contribution < 1.29 is 22.0 Å². The monoisotopic (exact) mass is 239 g/mol. The molecular weight excluding hydrogens is 229 g/mol. The minimum Gasteiger partial charge on any atom is -0.396 e. The van der Waals surface area contributed by atoms with Gasteiger partial charge in [-0.2, -0.15) is 13.2 Å². The fourth-order valence-corrected chi connectivity index (χ4v) is 1.47. The molecule has 1 aromatic carbocycles. The van der Waals surface area contributed by atoms with Crippen LogP contribution in [0.2, 0.25) is 0 Å². The van der Waals surface area contributed by atoms with Crippen LogP contribution < -0.4 is 5.73 Å². The van der Waals surface area contributed by atoms with Gasteiger partial charge >= 0.3 is 6.18 Å². The Morgan fingerprint density at radius 1 is 1.19 bits per heavy atom. The fraction of sp³-hybridized carbons (Fsp3) is 0.400. The van der Waals surface area contributed by atoms with Crippen LogP contribution in [-0.4, -0.2) is 0 Å². The largest absolute Gasteiger partial charge is 0.419 e. The van der Waals surface area contributed by atoms with Gasteiger partial charge in [-0.05, 0) is 18.1 Å². The predicted octanol–water partition coefficient (Wildman–Crippen LogP) is 3.52. The van der Waals surface area contributed by atoms with Crippen LogP contribution in [0.25, 0.3) is 0 Å². The lowest BCUT2D eigenvalue weighted by atomic mass is 10.0. The molecule has 90 valence electrons. The standard InChI is InChI=1S/C10H10F5N/c1-2-3-5-4-6(16)8(11)9(12)7(5)10(13,14)15/h4H,2-3,16H2,1H3. The van der Waals surface area contributed by atoms with Crippen LogP contribution in [0.4, 0.5) is 27.6 Å². The van der Waals surface area contributed by atoms with Gasteiger partial charge in [0, 0.05) is 0 Å². The normalized spacial score (nSPS) is 11.9. The van der Waals surface area contributed by atoms with Crippen LogP contribution in [0.5, 0.6) is 0 Å². The molecule has 0 aromatic heterocycles. The van der Waals surface area contributed by atoms with Gasteiger partial charge in [0.25, 0.3) is 0 Å². The first kappa shape index (κ1) is 12.7. The van der Waals surface area contributed by atoms with Gasteiger partial charge in [-0.3, -0.25) is 0 Å². The molecule has 1 nitrogen and oxygen atoms in total. The number of halogens is 5. The molecule has 2 N–H and O–H groups in total. The summed E-state index contributed by atoms with van der Waals surface area (Å²) in [5, 5.41) is 0. The zero-order valence-electron chi connectivity index (χ0n) is 8.46. The Morgan fingerprint density at radius 3 is 2.19 bits per heavy atom. The van der Waals surface area contributed by atoms with Crippen LogP contribution in [0, 0.1) is 11.6 Å². The van der Waals surface area contributed by atoms with E-state index in [1.54, 1.807) is 6.92 Å². The van der Waals surface area contributed by atoms with Crippen LogP contribution >= 0.6 is 0 Å². The summed E-state index contributed by atoms with van der Waals surface area (Å²) in [6, 6.07) is 0.838. The van der Waals surface area contributed by atoms with E-state index >= 15 is 0 Å². The Bertz CT molecular complexity index is 397. The van der Waals surface area contributed by atoms with Crippen LogP contribution in [0.1, 0.15) is 24.5 Å². The number of hydrogen-bond donors (Lipinski definition) is 1. The van der Waals surface area contributed by atoms with Gasteiger partial charge in [-0.15, -0.1) is 0 Å².